The highest BCUT2D eigenvalue weighted by atomic mass is 32.1. The molecule has 0 spiro atoms. The summed E-state index contributed by atoms with van der Waals surface area (Å²) in [4.78, 5) is 26.5. The molecule has 0 saturated carbocycles. The predicted molar refractivity (Wildman–Crippen MR) is 94.7 cm³/mol. The number of Topliss-reactive ketones (excluding diaryl/α,β-unsaturated/α-hetero) is 1. The first-order valence-electron chi connectivity index (χ1n) is 8.11. The lowest BCUT2D eigenvalue weighted by Crippen LogP contribution is -2.38. The minimum atomic E-state index is -0.373. The van der Waals surface area contributed by atoms with Gasteiger partial charge in [-0.3, -0.25) is 4.79 Å². The van der Waals surface area contributed by atoms with Crippen molar-refractivity contribution in [3.63, 3.8) is 0 Å². The Morgan fingerprint density at radius 1 is 1.33 bits per heavy atom. The van der Waals surface area contributed by atoms with Gasteiger partial charge >= 0.3 is 5.97 Å². The molecule has 1 aliphatic heterocycles. The van der Waals surface area contributed by atoms with Gasteiger partial charge in [0.15, 0.2) is 5.78 Å². The maximum atomic E-state index is 13.0. The molecule has 3 rings (SSSR count). The van der Waals surface area contributed by atoms with E-state index in [0.29, 0.717) is 12.0 Å². The average molecular weight is 345 g/mol. The second kappa shape index (κ2) is 5.88. The SMILES string of the molecule is COC(=O)C1=C(C)NC2=C(C(=O)CC(C)(C)C2)C1c1sccc1C. The maximum absolute atomic E-state index is 13.0. The van der Waals surface area contributed by atoms with Crippen LogP contribution in [0.15, 0.2) is 34.0 Å². The smallest absolute Gasteiger partial charge is 0.336 e. The lowest BCUT2D eigenvalue weighted by atomic mass is 9.69. The number of dihydropyridines is 1. The number of aryl methyl sites for hydroxylation is 1. The van der Waals surface area contributed by atoms with Crippen molar-refractivity contribution in [3.05, 3.63) is 44.4 Å². The Hall–Kier alpha value is -1.88. The molecule has 24 heavy (non-hydrogen) atoms. The Balaban J connectivity index is 2.21. The highest BCUT2D eigenvalue weighted by Gasteiger charge is 2.43. The zero-order valence-electron chi connectivity index (χ0n) is 14.8. The van der Waals surface area contributed by atoms with Crippen molar-refractivity contribution in [3.8, 4) is 0 Å². The van der Waals surface area contributed by atoms with Crippen molar-refractivity contribution in [2.45, 2.75) is 46.5 Å². The van der Waals surface area contributed by atoms with Crippen LogP contribution in [0.25, 0.3) is 0 Å². The van der Waals surface area contributed by atoms with Crippen LogP contribution in [0, 0.1) is 12.3 Å². The normalized spacial score (nSPS) is 23.0. The maximum Gasteiger partial charge on any atom is 0.336 e. The molecule has 1 aromatic rings. The van der Waals surface area contributed by atoms with Gasteiger partial charge < -0.3 is 10.1 Å². The molecule has 2 heterocycles. The molecule has 2 aliphatic rings. The summed E-state index contributed by atoms with van der Waals surface area (Å²) in [6, 6.07) is 2.03. The molecule has 1 aromatic heterocycles. The number of rotatable bonds is 2. The van der Waals surface area contributed by atoms with Gasteiger partial charge in [0.1, 0.15) is 0 Å². The van der Waals surface area contributed by atoms with Crippen molar-refractivity contribution < 1.29 is 14.3 Å². The van der Waals surface area contributed by atoms with Crippen molar-refractivity contribution >= 4 is 23.1 Å². The van der Waals surface area contributed by atoms with Crippen LogP contribution in [0.3, 0.4) is 0 Å². The summed E-state index contributed by atoms with van der Waals surface area (Å²) in [7, 11) is 1.39. The molecule has 1 unspecified atom stereocenters. The molecule has 128 valence electrons. The summed E-state index contributed by atoms with van der Waals surface area (Å²) in [5.74, 6) is -0.570. The number of methoxy groups -OCH3 is 1. The molecule has 0 fully saturated rings. The van der Waals surface area contributed by atoms with Crippen LogP contribution < -0.4 is 5.32 Å². The zero-order valence-corrected chi connectivity index (χ0v) is 15.6. The minimum absolute atomic E-state index is 0.0684. The molecule has 4 nitrogen and oxygen atoms in total. The highest BCUT2D eigenvalue weighted by Crippen LogP contribution is 2.48. The molecule has 1 aliphatic carbocycles. The molecule has 5 heteroatoms. The van der Waals surface area contributed by atoms with Crippen molar-refractivity contribution in [2.75, 3.05) is 7.11 Å². The molecule has 0 amide bonds. The first kappa shape index (κ1) is 17.0. The largest absolute Gasteiger partial charge is 0.466 e. The third kappa shape index (κ3) is 2.71. The lowest BCUT2D eigenvalue weighted by Gasteiger charge is -2.39. The van der Waals surface area contributed by atoms with Crippen LogP contribution in [0.4, 0.5) is 0 Å². The Kier molecular flexibility index (Phi) is 4.16. The number of allylic oxidation sites excluding steroid dienone is 3. The topological polar surface area (TPSA) is 55.4 Å². The zero-order chi connectivity index (χ0) is 17.6. The van der Waals surface area contributed by atoms with Gasteiger partial charge in [-0.15, -0.1) is 11.3 Å². The molecule has 0 saturated heterocycles. The first-order valence-corrected chi connectivity index (χ1v) is 8.99. The van der Waals surface area contributed by atoms with E-state index < -0.39 is 0 Å². The van der Waals surface area contributed by atoms with Crippen LogP contribution in [0.5, 0.6) is 0 Å². The van der Waals surface area contributed by atoms with E-state index in [-0.39, 0.29) is 23.1 Å². The number of carbonyl (C=O) groups is 2. The van der Waals surface area contributed by atoms with E-state index in [4.69, 9.17) is 4.74 Å². The van der Waals surface area contributed by atoms with Gasteiger partial charge in [-0.05, 0) is 42.7 Å². The van der Waals surface area contributed by atoms with Crippen LogP contribution in [0.2, 0.25) is 0 Å². The van der Waals surface area contributed by atoms with Crippen LogP contribution in [-0.4, -0.2) is 18.9 Å². The third-order valence-corrected chi connectivity index (χ3v) is 5.89. The van der Waals surface area contributed by atoms with E-state index in [1.807, 2.05) is 25.3 Å². The van der Waals surface area contributed by atoms with E-state index >= 15 is 0 Å². The molecule has 0 radical (unpaired) electrons. The van der Waals surface area contributed by atoms with E-state index in [1.165, 1.54) is 7.11 Å². The van der Waals surface area contributed by atoms with Crippen molar-refractivity contribution in [1.82, 2.24) is 5.32 Å². The minimum Gasteiger partial charge on any atom is -0.466 e. The summed E-state index contributed by atoms with van der Waals surface area (Å²) >= 11 is 1.59. The van der Waals surface area contributed by atoms with Crippen molar-refractivity contribution in [1.29, 1.82) is 0 Å². The van der Waals surface area contributed by atoms with Crippen LogP contribution >= 0.6 is 11.3 Å². The quantitative estimate of drug-likeness (QED) is 0.828. The summed E-state index contributed by atoms with van der Waals surface area (Å²) < 4.78 is 5.02. The Bertz CT molecular complexity index is 782. The summed E-state index contributed by atoms with van der Waals surface area (Å²) in [5, 5.41) is 5.33. The van der Waals surface area contributed by atoms with Gasteiger partial charge in [0.05, 0.1) is 18.6 Å². The standard InChI is InChI=1S/C19H23NO3S/c1-10-6-7-24-17(10)16-14(18(22)23-5)11(2)20-12-8-19(3,4)9-13(21)15(12)16/h6-7,16,20H,8-9H2,1-5H3. The Morgan fingerprint density at radius 3 is 2.62 bits per heavy atom. The molecule has 0 bridgehead atoms. The monoisotopic (exact) mass is 345 g/mol. The third-order valence-electron chi connectivity index (χ3n) is 4.81. The summed E-state index contributed by atoms with van der Waals surface area (Å²) in [6.07, 6.45) is 1.31. The first-order chi connectivity index (χ1) is 11.2. The fraction of sp³-hybridized carbons (Fsp3) is 0.474. The molecular formula is C19H23NO3S. The van der Waals surface area contributed by atoms with Gasteiger partial charge in [-0.25, -0.2) is 4.79 Å². The van der Waals surface area contributed by atoms with E-state index in [2.05, 4.69) is 19.2 Å². The summed E-state index contributed by atoms with van der Waals surface area (Å²) in [5.41, 5.74) is 4.07. The fourth-order valence-corrected chi connectivity index (χ4v) is 4.80. The predicted octanol–water partition coefficient (Wildman–Crippen LogP) is 3.83. The van der Waals surface area contributed by atoms with Gasteiger partial charge in [0.2, 0.25) is 0 Å². The van der Waals surface area contributed by atoms with Gasteiger partial charge in [0, 0.05) is 28.3 Å². The number of hydrogen-bond donors (Lipinski definition) is 1. The fourth-order valence-electron chi connectivity index (χ4n) is 3.76. The van der Waals surface area contributed by atoms with E-state index in [9.17, 15) is 9.59 Å². The van der Waals surface area contributed by atoms with Crippen LogP contribution in [-0.2, 0) is 14.3 Å². The Labute approximate surface area is 146 Å². The molecule has 1 N–H and O–H groups in total. The average Bonchev–Trinajstić information content (AvgIpc) is 2.89. The number of thiophene rings is 1. The lowest BCUT2D eigenvalue weighted by molar-refractivity contribution is -0.136. The van der Waals surface area contributed by atoms with Gasteiger partial charge in [-0.1, -0.05) is 13.8 Å². The number of ether oxygens (including phenoxy) is 1. The number of carbonyl (C=O) groups excluding carboxylic acids is 2. The Morgan fingerprint density at radius 2 is 2.04 bits per heavy atom. The summed E-state index contributed by atoms with van der Waals surface area (Å²) in [6.45, 7) is 8.13. The van der Waals surface area contributed by atoms with E-state index in [0.717, 1.165) is 33.8 Å². The second-order valence-corrected chi connectivity index (χ2v) is 8.34. The van der Waals surface area contributed by atoms with Crippen molar-refractivity contribution in [2.24, 2.45) is 5.41 Å². The number of hydrogen-bond acceptors (Lipinski definition) is 5. The van der Waals surface area contributed by atoms with Crippen LogP contribution in [0.1, 0.15) is 50.0 Å². The highest BCUT2D eigenvalue weighted by molar-refractivity contribution is 7.10. The second-order valence-electron chi connectivity index (χ2n) is 7.39. The number of ketones is 1. The van der Waals surface area contributed by atoms with Gasteiger partial charge in [0.25, 0.3) is 0 Å². The van der Waals surface area contributed by atoms with E-state index in [1.54, 1.807) is 11.3 Å². The van der Waals surface area contributed by atoms with Gasteiger partial charge in [-0.2, -0.15) is 0 Å². The number of nitrogens with one attached hydrogen (secondary N) is 1. The molecular weight excluding hydrogens is 322 g/mol. The molecule has 0 aromatic carbocycles. The number of esters is 1. The molecule has 1 atom stereocenters.